The molecule has 1 atom stereocenters. The summed E-state index contributed by atoms with van der Waals surface area (Å²) in [5, 5.41) is 14.9. The molecule has 192 valence electrons. The van der Waals surface area contributed by atoms with E-state index >= 15 is 0 Å². The molecule has 1 fully saturated rings. The Bertz CT molecular complexity index is 1260. The molecular weight excluding hydrogens is 466 g/mol. The van der Waals surface area contributed by atoms with Gasteiger partial charge >= 0.3 is 12.0 Å². The van der Waals surface area contributed by atoms with E-state index in [1.54, 1.807) is 41.3 Å². The fraction of sp³-hybridized carbons (Fsp3) is 0.300. The Kier molecular flexibility index (Phi) is 7.62. The van der Waals surface area contributed by atoms with E-state index in [1.165, 1.54) is 5.56 Å². The van der Waals surface area contributed by atoms with Gasteiger partial charge in [-0.1, -0.05) is 69.3 Å². The second-order valence-electron chi connectivity index (χ2n) is 10.4. The summed E-state index contributed by atoms with van der Waals surface area (Å²) in [6, 6.07) is 21.5. The maximum Gasteiger partial charge on any atom is 0.335 e. The zero-order valence-corrected chi connectivity index (χ0v) is 21.5. The molecule has 7 nitrogen and oxygen atoms in total. The minimum atomic E-state index is -0.964. The Morgan fingerprint density at radius 2 is 1.49 bits per heavy atom. The molecule has 3 aromatic carbocycles. The van der Waals surface area contributed by atoms with Crippen LogP contribution in [0.2, 0.25) is 0 Å². The van der Waals surface area contributed by atoms with Gasteiger partial charge in [-0.05, 0) is 64.8 Å². The quantitative estimate of drug-likeness (QED) is 0.407. The molecule has 3 aromatic rings. The maximum absolute atomic E-state index is 13.0. The molecule has 0 spiro atoms. The number of nitrogens with zero attached hydrogens (tertiary/aromatic N) is 1. The van der Waals surface area contributed by atoms with Gasteiger partial charge in [-0.3, -0.25) is 4.79 Å². The van der Waals surface area contributed by atoms with Crippen LogP contribution in [0.25, 0.3) is 11.1 Å². The number of carbonyl (C=O) groups is 3. The second kappa shape index (κ2) is 10.9. The van der Waals surface area contributed by atoms with Gasteiger partial charge in [0.2, 0.25) is 5.91 Å². The fourth-order valence-electron chi connectivity index (χ4n) is 4.46. The molecule has 0 unspecified atom stereocenters. The van der Waals surface area contributed by atoms with Gasteiger partial charge in [-0.2, -0.15) is 0 Å². The minimum Gasteiger partial charge on any atom is -0.478 e. The predicted octanol–water partition coefficient (Wildman–Crippen LogP) is 5.66. The number of carboxylic acids is 1. The monoisotopic (exact) mass is 499 g/mol. The highest BCUT2D eigenvalue weighted by molar-refractivity contribution is 5.97. The first-order valence-electron chi connectivity index (χ1n) is 12.5. The molecule has 3 N–H and O–H groups in total. The van der Waals surface area contributed by atoms with Gasteiger partial charge in [0.25, 0.3) is 0 Å². The Morgan fingerprint density at radius 3 is 2.05 bits per heavy atom. The normalized spacial score (nSPS) is 15.3. The molecule has 0 aromatic heterocycles. The molecule has 0 radical (unpaired) electrons. The van der Waals surface area contributed by atoms with Crippen LogP contribution in [0, 0.1) is 0 Å². The highest BCUT2D eigenvalue weighted by Crippen LogP contribution is 2.24. The summed E-state index contributed by atoms with van der Waals surface area (Å²) in [7, 11) is 0. The predicted molar refractivity (Wildman–Crippen MR) is 145 cm³/mol. The highest BCUT2D eigenvalue weighted by atomic mass is 16.4. The highest BCUT2D eigenvalue weighted by Gasteiger charge is 2.34. The van der Waals surface area contributed by atoms with Crippen molar-refractivity contribution in [3.05, 3.63) is 89.5 Å². The van der Waals surface area contributed by atoms with E-state index in [-0.39, 0.29) is 22.9 Å². The lowest BCUT2D eigenvalue weighted by molar-refractivity contribution is -0.119. The van der Waals surface area contributed by atoms with Crippen LogP contribution in [-0.4, -0.2) is 40.5 Å². The molecule has 3 amide bonds. The van der Waals surface area contributed by atoms with Gasteiger partial charge < -0.3 is 20.6 Å². The molecule has 7 heteroatoms. The Balaban J connectivity index is 1.33. The van der Waals surface area contributed by atoms with Crippen LogP contribution in [0.5, 0.6) is 0 Å². The van der Waals surface area contributed by atoms with Gasteiger partial charge in [0.05, 0.1) is 5.56 Å². The van der Waals surface area contributed by atoms with E-state index in [2.05, 4.69) is 43.5 Å². The number of hydrogen-bond acceptors (Lipinski definition) is 3. The summed E-state index contributed by atoms with van der Waals surface area (Å²) < 4.78 is 0. The van der Waals surface area contributed by atoms with E-state index in [4.69, 9.17) is 5.11 Å². The first-order valence-corrected chi connectivity index (χ1v) is 12.5. The van der Waals surface area contributed by atoms with Crippen LogP contribution in [0.4, 0.5) is 10.5 Å². The summed E-state index contributed by atoms with van der Waals surface area (Å²) in [4.78, 5) is 38.5. The molecule has 1 saturated heterocycles. The molecule has 1 aliphatic heterocycles. The zero-order valence-electron chi connectivity index (χ0n) is 21.5. The zero-order chi connectivity index (χ0) is 26.6. The van der Waals surface area contributed by atoms with Gasteiger partial charge in [0.1, 0.15) is 6.04 Å². The van der Waals surface area contributed by atoms with Crippen LogP contribution in [0.1, 0.15) is 55.1 Å². The standard InChI is InChI=1S/C30H33N3O4/c1-30(2,3)24-14-6-20(7-15-24)19-31-29(37)33-18-4-5-26(33)27(34)32-25-16-12-22(13-17-25)21-8-10-23(11-9-21)28(35)36/h6-17,26H,4-5,18-19H2,1-3H3,(H,31,37)(H,32,34)(H,35,36)/t26-/m1/s1. The van der Waals surface area contributed by atoms with Crippen molar-refractivity contribution >= 4 is 23.6 Å². The lowest BCUT2D eigenvalue weighted by Gasteiger charge is -2.24. The van der Waals surface area contributed by atoms with Crippen molar-refractivity contribution in [1.82, 2.24) is 10.2 Å². The number of carbonyl (C=O) groups excluding carboxylic acids is 2. The van der Waals surface area contributed by atoms with E-state index in [0.717, 1.165) is 23.1 Å². The molecule has 1 heterocycles. The number of rotatable bonds is 6. The smallest absolute Gasteiger partial charge is 0.335 e. The van der Waals surface area contributed by atoms with E-state index < -0.39 is 12.0 Å². The Hall–Kier alpha value is -4.13. The van der Waals surface area contributed by atoms with Crippen molar-refractivity contribution in [2.24, 2.45) is 0 Å². The third-order valence-electron chi connectivity index (χ3n) is 6.70. The number of urea groups is 1. The van der Waals surface area contributed by atoms with Gasteiger partial charge in [0, 0.05) is 18.8 Å². The van der Waals surface area contributed by atoms with Crippen molar-refractivity contribution in [2.75, 3.05) is 11.9 Å². The van der Waals surface area contributed by atoms with Crippen molar-refractivity contribution in [3.8, 4) is 11.1 Å². The molecule has 0 saturated carbocycles. The number of benzene rings is 3. The van der Waals surface area contributed by atoms with Crippen molar-refractivity contribution in [2.45, 2.75) is 51.6 Å². The molecule has 0 bridgehead atoms. The van der Waals surface area contributed by atoms with Crippen LogP contribution in [-0.2, 0) is 16.8 Å². The SMILES string of the molecule is CC(C)(C)c1ccc(CNC(=O)N2CCC[C@@H]2C(=O)Nc2ccc(-c3ccc(C(=O)O)cc3)cc2)cc1. The molecule has 37 heavy (non-hydrogen) atoms. The minimum absolute atomic E-state index is 0.0752. The first kappa shape index (κ1) is 25.9. The molecule has 0 aliphatic carbocycles. The van der Waals surface area contributed by atoms with Crippen molar-refractivity contribution in [3.63, 3.8) is 0 Å². The lowest BCUT2D eigenvalue weighted by Crippen LogP contribution is -2.47. The fourth-order valence-corrected chi connectivity index (χ4v) is 4.46. The summed E-state index contributed by atoms with van der Waals surface area (Å²) in [6.07, 6.45) is 1.39. The average Bonchev–Trinajstić information content (AvgIpc) is 3.38. The average molecular weight is 500 g/mol. The van der Waals surface area contributed by atoms with E-state index in [9.17, 15) is 14.4 Å². The Labute approximate surface area is 217 Å². The summed E-state index contributed by atoms with van der Waals surface area (Å²) in [6.45, 7) is 7.44. The lowest BCUT2D eigenvalue weighted by atomic mass is 9.87. The van der Waals surface area contributed by atoms with E-state index in [0.29, 0.717) is 25.2 Å². The number of carboxylic acid groups (broad SMARTS) is 1. The topological polar surface area (TPSA) is 98.7 Å². The second-order valence-corrected chi connectivity index (χ2v) is 10.4. The van der Waals surface area contributed by atoms with Gasteiger partial charge in [-0.15, -0.1) is 0 Å². The van der Waals surface area contributed by atoms with E-state index in [1.807, 2.05) is 24.3 Å². The van der Waals surface area contributed by atoms with Crippen LogP contribution in [0.3, 0.4) is 0 Å². The number of likely N-dealkylation sites (tertiary alicyclic amines) is 1. The van der Waals surface area contributed by atoms with Crippen LogP contribution >= 0.6 is 0 Å². The number of nitrogens with one attached hydrogen (secondary N) is 2. The summed E-state index contributed by atoms with van der Waals surface area (Å²) in [5.41, 5.74) is 4.99. The van der Waals surface area contributed by atoms with Crippen molar-refractivity contribution < 1.29 is 19.5 Å². The maximum atomic E-state index is 13.0. The van der Waals surface area contributed by atoms with Crippen LogP contribution in [0.15, 0.2) is 72.8 Å². The van der Waals surface area contributed by atoms with Gasteiger partial charge in [0.15, 0.2) is 0 Å². The number of hydrogen-bond donors (Lipinski definition) is 3. The third kappa shape index (κ3) is 6.36. The van der Waals surface area contributed by atoms with Crippen molar-refractivity contribution in [1.29, 1.82) is 0 Å². The molecule has 1 aliphatic rings. The molecule has 4 rings (SSSR count). The number of aromatic carboxylic acids is 1. The summed E-state index contributed by atoms with van der Waals surface area (Å²) >= 11 is 0. The molecular formula is C30H33N3O4. The summed E-state index contributed by atoms with van der Waals surface area (Å²) in [5.74, 6) is -1.17. The van der Waals surface area contributed by atoms with Crippen LogP contribution < -0.4 is 10.6 Å². The number of anilines is 1. The third-order valence-corrected chi connectivity index (χ3v) is 6.70. The number of amides is 3. The largest absolute Gasteiger partial charge is 0.478 e. The Morgan fingerprint density at radius 1 is 0.892 bits per heavy atom. The first-order chi connectivity index (χ1) is 17.6. The van der Waals surface area contributed by atoms with Gasteiger partial charge in [-0.25, -0.2) is 9.59 Å².